The van der Waals surface area contributed by atoms with Gasteiger partial charge >= 0.3 is 0 Å². The van der Waals surface area contributed by atoms with Gasteiger partial charge in [0, 0.05) is 41.5 Å². The smallest absolute Gasteiger partial charge is 0.257 e. The summed E-state index contributed by atoms with van der Waals surface area (Å²) < 4.78 is 1.99. The van der Waals surface area contributed by atoms with E-state index < -0.39 is 0 Å². The van der Waals surface area contributed by atoms with E-state index >= 15 is 0 Å². The lowest BCUT2D eigenvalue weighted by Crippen LogP contribution is -2.45. The minimum Gasteiger partial charge on any atom is -0.335 e. The highest BCUT2D eigenvalue weighted by Gasteiger charge is 2.32. The number of amides is 1. The number of carbonyl (C=O) groups excluding carboxylic acids is 1. The molecular formula is C19H24N6OS. The first-order chi connectivity index (χ1) is 13.0. The Hall–Kier alpha value is -2.48. The Balaban J connectivity index is 1.57. The standard InChI is InChI=1S/C19H24N6OS/c1-13(2)24-10-16(8-22-24)15-5-4-14(3)23(9-15)19(26)17-11-27-12-18(17)25-20-6-7-21-25/h6-8,10-15H,4-5,9H2,1-3H3/t14-,15-/m1/s1. The summed E-state index contributed by atoms with van der Waals surface area (Å²) in [5.74, 6) is 0.375. The zero-order valence-corrected chi connectivity index (χ0v) is 16.6. The van der Waals surface area contributed by atoms with Crippen molar-refractivity contribution in [2.24, 2.45) is 0 Å². The summed E-state index contributed by atoms with van der Waals surface area (Å²) in [7, 11) is 0. The van der Waals surface area contributed by atoms with Crippen LogP contribution in [-0.2, 0) is 0 Å². The highest BCUT2D eigenvalue weighted by Crippen LogP contribution is 2.32. The first kappa shape index (κ1) is 17.9. The zero-order chi connectivity index (χ0) is 19.0. The van der Waals surface area contributed by atoms with Gasteiger partial charge in [0.15, 0.2) is 0 Å². The fraction of sp³-hybridized carbons (Fsp3) is 0.474. The SMILES string of the molecule is CC(C)n1cc([C@@H]2CC[C@@H](C)N(C(=O)c3cscc3-n3nccn3)C2)cn1. The first-order valence-electron chi connectivity index (χ1n) is 9.32. The Kier molecular flexibility index (Phi) is 4.82. The Morgan fingerprint density at radius 3 is 2.67 bits per heavy atom. The van der Waals surface area contributed by atoms with Gasteiger partial charge in [-0.3, -0.25) is 9.48 Å². The van der Waals surface area contributed by atoms with E-state index in [1.165, 1.54) is 21.7 Å². The second-order valence-corrected chi connectivity index (χ2v) is 8.16. The molecule has 0 spiro atoms. The fourth-order valence-corrected chi connectivity index (χ4v) is 4.38. The molecule has 7 nitrogen and oxygen atoms in total. The number of aromatic nitrogens is 5. The van der Waals surface area contributed by atoms with E-state index in [-0.39, 0.29) is 11.9 Å². The third-order valence-electron chi connectivity index (χ3n) is 5.27. The number of hydrogen-bond acceptors (Lipinski definition) is 5. The molecular weight excluding hydrogens is 360 g/mol. The molecule has 1 fully saturated rings. The minimum atomic E-state index is 0.0528. The van der Waals surface area contributed by atoms with Crippen LogP contribution in [0.2, 0.25) is 0 Å². The van der Waals surface area contributed by atoms with E-state index in [4.69, 9.17) is 0 Å². The number of piperidine rings is 1. The molecule has 0 radical (unpaired) electrons. The van der Waals surface area contributed by atoms with E-state index in [0.29, 0.717) is 24.1 Å². The summed E-state index contributed by atoms with van der Waals surface area (Å²) in [5.41, 5.74) is 2.63. The van der Waals surface area contributed by atoms with Crippen molar-refractivity contribution in [1.29, 1.82) is 0 Å². The van der Waals surface area contributed by atoms with Crippen molar-refractivity contribution in [2.75, 3.05) is 6.54 Å². The summed E-state index contributed by atoms with van der Waals surface area (Å²) in [4.78, 5) is 16.8. The van der Waals surface area contributed by atoms with Gasteiger partial charge in [0.2, 0.25) is 0 Å². The van der Waals surface area contributed by atoms with Crippen LogP contribution in [0.5, 0.6) is 0 Å². The average Bonchev–Trinajstić information content (AvgIpc) is 3.41. The maximum atomic E-state index is 13.3. The van der Waals surface area contributed by atoms with Crippen LogP contribution in [0.3, 0.4) is 0 Å². The molecule has 8 heteroatoms. The third kappa shape index (κ3) is 3.41. The largest absolute Gasteiger partial charge is 0.335 e. The van der Waals surface area contributed by atoms with Crippen LogP contribution in [-0.4, -0.2) is 48.2 Å². The van der Waals surface area contributed by atoms with Gasteiger partial charge in [-0.1, -0.05) is 0 Å². The van der Waals surface area contributed by atoms with Crippen molar-refractivity contribution in [1.82, 2.24) is 29.7 Å². The Morgan fingerprint density at radius 1 is 1.19 bits per heavy atom. The summed E-state index contributed by atoms with van der Waals surface area (Å²) in [6.07, 6.45) is 9.38. The number of thiophene rings is 1. The fourth-order valence-electron chi connectivity index (χ4n) is 3.61. The number of rotatable bonds is 4. The Morgan fingerprint density at radius 2 is 1.96 bits per heavy atom. The van der Waals surface area contributed by atoms with Gasteiger partial charge < -0.3 is 4.90 Å². The van der Waals surface area contributed by atoms with Crippen LogP contribution < -0.4 is 0 Å². The lowest BCUT2D eigenvalue weighted by Gasteiger charge is -2.38. The lowest BCUT2D eigenvalue weighted by molar-refractivity contribution is 0.0610. The van der Waals surface area contributed by atoms with Gasteiger partial charge in [-0.15, -0.1) is 16.1 Å². The molecule has 1 amide bonds. The van der Waals surface area contributed by atoms with Crippen molar-refractivity contribution in [3.8, 4) is 5.69 Å². The van der Waals surface area contributed by atoms with Crippen LogP contribution in [0.15, 0.2) is 35.5 Å². The zero-order valence-electron chi connectivity index (χ0n) is 15.8. The van der Waals surface area contributed by atoms with Crippen molar-refractivity contribution in [3.63, 3.8) is 0 Å². The van der Waals surface area contributed by atoms with Crippen LogP contribution in [0.25, 0.3) is 5.69 Å². The van der Waals surface area contributed by atoms with Crippen molar-refractivity contribution in [3.05, 3.63) is 46.7 Å². The third-order valence-corrected chi connectivity index (χ3v) is 6.00. The van der Waals surface area contributed by atoms with E-state index in [2.05, 4.69) is 42.3 Å². The normalized spacial score (nSPS) is 20.4. The summed E-state index contributed by atoms with van der Waals surface area (Å²) in [5, 5.41) is 16.6. The number of carbonyl (C=O) groups is 1. The molecule has 4 heterocycles. The first-order valence-corrected chi connectivity index (χ1v) is 10.3. The number of likely N-dealkylation sites (tertiary alicyclic amines) is 1. The Labute approximate surface area is 162 Å². The second-order valence-electron chi connectivity index (χ2n) is 7.42. The van der Waals surface area contributed by atoms with Crippen LogP contribution in [0.1, 0.15) is 61.5 Å². The lowest BCUT2D eigenvalue weighted by atomic mass is 9.89. The van der Waals surface area contributed by atoms with Gasteiger partial charge in [0.05, 0.1) is 24.2 Å². The minimum absolute atomic E-state index is 0.0528. The van der Waals surface area contributed by atoms with Gasteiger partial charge in [-0.2, -0.15) is 15.3 Å². The van der Waals surface area contributed by atoms with E-state index in [9.17, 15) is 4.79 Å². The molecule has 4 rings (SSSR count). The van der Waals surface area contributed by atoms with Crippen LogP contribution in [0.4, 0.5) is 0 Å². The summed E-state index contributed by atoms with van der Waals surface area (Å²) in [6.45, 7) is 7.09. The highest BCUT2D eigenvalue weighted by molar-refractivity contribution is 7.08. The van der Waals surface area contributed by atoms with E-state index in [1.54, 1.807) is 12.4 Å². The second kappa shape index (κ2) is 7.26. The number of hydrogen-bond donors (Lipinski definition) is 0. The Bertz CT molecular complexity index is 912. The highest BCUT2D eigenvalue weighted by atomic mass is 32.1. The maximum Gasteiger partial charge on any atom is 0.257 e. The van der Waals surface area contributed by atoms with E-state index in [0.717, 1.165) is 18.5 Å². The molecule has 1 aliphatic rings. The topological polar surface area (TPSA) is 68.8 Å². The van der Waals surface area contributed by atoms with Crippen LogP contribution >= 0.6 is 11.3 Å². The molecule has 2 atom stereocenters. The predicted molar refractivity (Wildman–Crippen MR) is 104 cm³/mol. The quantitative estimate of drug-likeness (QED) is 0.690. The molecule has 0 aromatic carbocycles. The van der Waals surface area contributed by atoms with E-state index in [1.807, 2.05) is 26.5 Å². The summed E-state index contributed by atoms with van der Waals surface area (Å²) in [6, 6.07) is 0.557. The van der Waals surface area contributed by atoms with Gasteiger partial charge in [-0.05, 0) is 39.2 Å². The van der Waals surface area contributed by atoms with Gasteiger partial charge in [-0.25, -0.2) is 0 Å². The van der Waals surface area contributed by atoms with Gasteiger partial charge in [0.1, 0.15) is 5.69 Å². The molecule has 27 heavy (non-hydrogen) atoms. The predicted octanol–water partition coefficient (Wildman–Crippen LogP) is 3.51. The summed E-state index contributed by atoms with van der Waals surface area (Å²) >= 11 is 1.50. The molecule has 142 valence electrons. The van der Waals surface area contributed by atoms with Crippen molar-refractivity contribution >= 4 is 17.2 Å². The average molecular weight is 385 g/mol. The molecule has 3 aromatic rings. The van der Waals surface area contributed by atoms with Crippen molar-refractivity contribution in [2.45, 2.75) is 51.6 Å². The molecule has 3 aromatic heterocycles. The molecule has 0 unspecified atom stereocenters. The maximum absolute atomic E-state index is 13.3. The van der Waals surface area contributed by atoms with Crippen LogP contribution in [0, 0.1) is 0 Å². The molecule has 0 bridgehead atoms. The molecule has 0 aliphatic carbocycles. The van der Waals surface area contributed by atoms with Crippen molar-refractivity contribution < 1.29 is 4.79 Å². The molecule has 1 saturated heterocycles. The molecule has 0 saturated carbocycles. The number of nitrogens with zero attached hydrogens (tertiary/aromatic N) is 6. The van der Waals surface area contributed by atoms with Gasteiger partial charge in [0.25, 0.3) is 5.91 Å². The molecule has 0 N–H and O–H groups in total. The molecule has 1 aliphatic heterocycles. The monoisotopic (exact) mass is 384 g/mol.